The molecular formula is C9H5F3N2O2S. The Morgan fingerprint density at radius 3 is 2.65 bits per heavy atom. The smallest absolute Gasteiger partial charge is 0.419 e. The standard InChI is InChI=1S/C9H5F3N2O2S/c10-9(11,12)5-2-13-14(3-5)6-1-7(8(15)16)17-4-6/h1-4H,(H,15,16). The van der Waals surface area contributed by atoms with E-state index in [1.807, 2.05) is 0 Å². The first-order valence-corrected chi connectivity index (χ1v) is 5.20. The quantitative estimate of drug-likeness (QED) is 0.905. The summed E-state index contributed by atoms with van der Waals surface area (Å²) in [6, 6.07) is 1.26. The van der Waals surface area contributed by atoms with Crippen molar-refractivity contribution in [1.82, 2.24) is 9.78 Å². The van der Waals surface area contributed by atoms with Crippen molar-refractivity contribution < 1.29 is 23.1 Å². The van der Waals surface area contributed by atoms with E-state index in [2.05, 4.69) is 5.10 Å². The minimum Gasteiger partial charge on any atom is -0.477 e. The van der Waals surface area contributed by atoms with Gasteiger partial charge >= 0.3 is 12.1 Å². The van der Waals surface area contributed by atoms with Gasteiger partial charge in [-0.1, -0.05) is 0 Å². The summed E-state index contributed by atoms with van der Waals surface area (Å²) in [5.41, 5.74) is -0.580. The Labute approximate surface area is 96.9 Å². The SMILES string of the molecule is O=C(O)c1cc(-n2cc(C(F)(F)F)cn2)cs1. The molecule has 0 aromatic carbocycles. The van der Waals surface area contributed by atoms with Gasteiger partial charge in [0.1, 0.15) is 4.88 Å². The third kappa shape index (κ3) is 2.31. The van der Waals surface area contributed by atoms with Gasteiger partial charge in [-0.25, -0.2) is 9.48 Å². The van der Waals surface area contributed by atoms with Crippen molar-refractivity contribution in [2.75, 3.05) is 0 Å². The van der Waals surface area contributed by atoms with Crippen molar-refractivity contribution in [2.24, 2.45) is 0 Å². The average Bonchev–Trinajstić information content (AvgIpc) is 2.85. The zero-order valence-electron chi connectivity index (χ0n) is 8.10. The summed E-state index contributed by atoms with van der Waals surface area (Å²) < 4.78 is 37.9. The highest BCUT2D eigenvalue weighted by Crippen LogP contribution is 2.29. The highest BCUT2D eigenvalue weighted by atomic mass is 32.1. The van der Waals surface area contributed by atoms with Crippen LogP contribution in [0.4, 0.5) is 13.2 Å². The fourth-order valence-corrected chi connectivity index (χ4v) is 1.88. The molecule has 17 heavy (non-hydrogen) atoms. The number of rotatable bonds is 2. The fourth-order valence-electron chi connectivity index (χ4n) is 1.17. The van der Waals surface area contributed by atoms with Crippen molar-refractivity contribution >= 4 is 17.3 Å². The summed E-state index contributed by atoms with van der Waals surface area (Å²) in [5.74, 6) is -1.12. The molecule has 0 radical (unpaired) electrons. The third-order valence-electron chi connectivity index (χ3n) is 1.97. The van der Waals surface area contributed by atoms with Crippen molar-refractivity contribution in [3.8, 4) is 5.69 Å². The van der Waals surface area contributed by atoms with Gasteiger partial charge in [0.05, 0.1) is 17.4 Å². The second-order valence-corrected chi connectivity index (χ2v) is 4.06. The minimum atomic E-state index is -4.45. The van der Waals surface area contributed by atoms with Gasteiger partial charge in [0.25, 0.3) is 0 Å². The second-order valence-electron chi connectivity index (χ2n) is 3.15. The molecule has 0 saturated carbocycles. The van der Waals surface area contributed by atoms with Crippen molar-refractivity contribution in [3.05, 3.63) is 34.3 Å². The topological polar surface area (TPSA) is 55.1 Å². The van der Waals surface area contributed by atoms with Crippen LogP contribution in [0.2, 0.25) is 0 Å². The molecular weight excluding hydrogens is 257 g/mol. The molecule has 2 rings (SSSR count). The first-order valence-electron chi connectivity index (χ1n) is 4.32. The van der Waals surface area contributed by atoms with E-state index in [0.717, 1.165) is 22.2 Å². The molecule has 2 aromatic rings. The minimum absolute atomic E-state index is 0.0454. The number of halogens is 3. The molecule has 0 amide bonds. The van der Waals surface area contributed by atoms with Gasteiger partial charge in [-0.2, -0.15) is 18.3 Å². The van der Waals surface area contributed by atoms with Crippen LogP contribution in [0, 0.1) is 0 Å². The highest BCUT2D eigenvalue weighted by Gasteiger charge is 2.32. The van der Waals surface area contributed by atoms with Crippen LogP contribution >= 0.6 is 11.3 Å². The van der Waals surface area contributed by atoms with E-state index >= 15 is 0 Å². The number of thiophene rings is 1. The summed E-state index contributed by atoms with van der Waals surface area (Å²) in [6.07, 6.45) is -2.95. The van der Waals surface area contributed by atoms with Crippen LogP contribution in [0.1, 0.15) is 15.2 Å². The molecule has 8 heteroatoms. The fraction of sp³-hybridized carbons (Fsp3) is 0.111. The molecule has 1 N–H and O–H groups in total. The van der Waals surface area contributed by atoms with Gasteiger partial charge in [-0.15, -0.1) is 11.3 Å². The molecule has 90 valence electrons. The van der Waals surface area contributed by atoms with E-state index in [0.29, 0.717) is 11.9 Å². The molecule has 0 saturated heterocycles. The number of aromatic carboxylic acids is 1. The van der Waals surface area contributed by atoms with Gasteiger partial charge < -0.3 is 5.11 Å². The maximum Gasteiger partial charge on any atom is 0.419 e. The van der Waals surface area contributed by atoms with E-state index in [-0.39, 0.29) is 4.88 Å². The molecule has 2 heterocycles. The zero-order valence-corrected chi connectivity index (χ0v) is 8.92. The molecule has 0 spiro atoms. The molecule has 0 atom stereocenters. The van der Waals surface area contributed by atoms with Crippen LogP contribution < -0.4 is 0 Å². The predicted octanol–water partition coefficient (Wildman–Crippen LogP) is 2.65. The van der Waals surface area contributed by atoms with Crippen molar-refractivity contribution in [3.63, 3.8) is 0 Å². The summed E-state index contributed by atoms with van der Waals surface area (Å²) in [6.45, 7) is 0. The largest absolute Gasteiger partial charge is 0.477 e. The van der Waals surface area contributed by atoms with Crippen molar-refractivity contribution in [1.29, 1.82) is 0 Å². The van der Waals surface area contributed by atoms with E-state index in [1.54, 1.807) is 0 Å². The Kier molecular flexibility index (Phi) is 2.66. The predicted molar refractivity (Wildman–Crippen MR) is 53.4 cm³/mol. The normalized spacial score (nSPS) is 11.7. The first kappa shape index (κ1) is 11.6. The Bertz CT molecular complexity index is 559. The molecule has 4 nitrogen and oxygen atoms in total. The van der Waals surface area contributed by atoms with Crippen LogP contribution in [-0.2, 0) is 6.18 Å². The summed E-state index contributed by atoms with van der Waals surface area (Å²) >= 11 is 0.928. The molecule has 0 aliphatic carbocycles. The van der Waals surface area contributed by atoms with Gasteiger partial charge in [0.15, 0.2) is 0 Å². The number of hydrogen-bond acceptors (Lipinski definition) is 3. The average molecular weight is 262 g/mol. The van der Waals surface area contributed by atoms with Gasteiger partial charge in [-0.3, -0.25) is 0 Å². The molecule has 0 fully saturated rings. The molecule has 0 unspecified atom stereocenters. The number of carbonyl (C=O) groups is 1. The van der Waals surface area contributed by atoms with Crippen LogP contribution in [0.5, 0.6) is 0 Å². The highest BCUT2D eigenvalue weighted by molar-refractivity contribution is 7.12. The number of nitrogens with zero attached hydrogens (tertiary/aromatic N) is 2. The Balaban J connectivity index is 2.34. The van der Waals surface area contributed by atoms with Gasteiger partial charge in [-0.05, 0) is 6.07 Å². The van der Waals surface area contributed by atoms with Crippen LogP contribution in [0.25, 0.3) is 5.69 Å². The van der Waals surface area contributed by atoms with Gasteiger partial charge in [0.2, 0.25) is 0 Å². The first-order chi connectivity index (χ1) is 7.88. The lowest BCUT2D eigenvalue weighted by molar-refractivity contribution is -0.137. The van der Waals surface area contributed by atoms with E-state index < -0.39 is 17.7 Å². The number of hydrogen-bond donors (Lipinski definition) is 1. The molecule has 0 aliphatic heterocycles. The molecule has 2 aromatic heterocycles. The summed E-state index contributed by atoms with van der Waals surface area (Å²) in [7, 11) is 0. The number of aromatic nitrogens is 2. The monoisotopic (exact) mass is 262 g/mol. The maximum absolute atomic E-state index is 12.3. The number of carboxylic acid groups (broad SMARTS) is 1. The van der Waals surface area contributed by atoms with Crippen LogP contribution in [-0.4, -0.2) is 20.9 Å². The van der Waals surface area contributed by atoms with E-state index in [4.69, 9.17) is 5.11 Å². The van der Waals surface area contributed by atoms with Crippen LogP contribution in [0.3, 0.4) is 0 Å². The number of alkyl halides is 3. The molecule has 0 bridgehead atoms. The Hall–Kier alpha value is -1.83. The summed E-state index contributed by atoms with van der Waals surface area (Å²) in [5, 5.41) is 13.6. The van der Waals surface area contributed by atoms with Crippen LogP contribution in [0.15, 0.2) is 23.8 Å². The van der Waals surface area contributed by atoms with E-state index in [1.165, 1.54) is 11.4 Å². The molecule has 0 aliphatic rings. The van der Waals surface area contributed by atoms with Gasteiger partial charge in [0, 0.05) is 11.6 Å². The van der Waals surface area contributed by atoms with E-state index in [9.17, 15) is 18.0 Å². The maximum atomic E-state index is 12.3. The Morgan fingerprint density at radius 2 is 2.18 bits per heavy atom. The lowest BCUT2D eigenvalue weighted by atomic mass is 10.3. The zero-order chi connectivity index (χ0) is 12.6. The summed E-state index contributed by atoms with van der Waals surface area (Å²) in [4.78, 5) is 10.7. The lowest BCUT2D eigenvalue weighted by Gasteiger charge is -2.00. The number of carboxylic acids is 1. The Morgan fingerprint density at radius 1 is 1.47 bits per heavy atom. The third-order valence-corrected chi connectivity index (χ3v) is 2.88. The second kappa shape index (κ2) is 3.88. The van der Waals surface area contributed by atoms with Crippen molar-refractivity contribution in [2.45, 2.75) is 6.18 Å². The lowest BCUT2D eigenvalue weighted by Crippen LogP contribution is -2.02.